The molecule has 1 fully saturated rings. The number of halogens is 2. The fourth-order valence-electron chi connectivity index (χ4n) is 4.58. The Morgan fingerprint density at radius 2 is 1.84 bits per heavy atom. The minimum atomic E-state index is -0.575. The van der Waals surface area contributed by atoms with Crippen LogP contribution in [0.25, 0.3) is 28.4 Å². The van der Waals surface area contributed by atoms with E-state index in [4.69, 9.17) is 43.9 Å². The Kier molecular flexibility index (Phi) is 7.13. The fraction of sp³-hybridized carbons (Fsp3) is 0.346. The quantitative estimate of drug-likeness (QED) is 0.354. The molecule has 198 valence electrons. The number of anilines is 2. The van der Waals surface area contributed by atoms with Gasteiger partial charge in [0, 0.05) is 49.0 Å². The van der Waals surface area contributed by atoms with Gasteiger partial charge in [-0.25, -0.2) is 4.98 Å². The predicted molar refractivity (Wildman–Crippen MR) is 149 cm³/mol. The fourth-order valence-corrected chi connectivity index (χ4v) is 4.91. The second-order valence-electron chi connectivity index (χ2n) is 9.66. The molecule has 0 aliphatic carbocycles. The number of pyridine rings is 1. The highest BCUT2D eigenvalue weighted by Crippen LogP contribution is 2.38. The molecule has 1 saturated heterocycles. The van der Waals surface area contributed by atoms with Gasteiger partial charge in [-0.15, -0.1) is 0 Å². The zero-order valence-electron chi connectivity index (χ0n) is 21.1. The number of imidazole rings is 1. The first-order valence-electron chi connectivity index (χ1n) is 12.3. The first-order chi connectivity index (χ1) is 18.2. The molecule has 0 bridgehead atoms. The largest absolute Gasteiger partial charge is 0.395 e. The summed E-state index contributed by atoms with van der Waals surface area (Å²) in [6.07, 6.45) is 2.84. The third-order valence-corrected chi connectivity index (χ3v) is 7.63. The molecule has 0 unspecified atom stereocenters. The van der Waals surface area contributed by atoms with Gasteiger partial charge in [-0.3, -0.25) is 14.3 Å². The average Bonchev–Trinajstić information content (AvgIpc) is 3.29. The summed E-state index contributed by atoms with van der Waals surface area (Å²) in [5, 5.41) is 10.6. The van der Waals surface area contributed by atoms with Crippen LogP contribution >= 0.6 is 23.2 Å². The van der Waals surface area contributed by atoms with Crippen LogP contribution in [-0.2, 0) is 4.79 Å². The van der Waals surface area contributed by atoms with Gasteiger partial charge in [0.1, 0.15) is 5.69 Å². The highest BCUT2D eigenvalue weighted by Gasteiger charge is 2.37. The lowest BCUT2D eigenvalue weighted by Crippen LogP contribution is -2.45. The Morgan fingerprint density at radius 3 is 2.47 bits per heavy atom. The minimum absolute atomic E-state index is 0.0564. The van der Waals surface area contributed by atoms with E-state index < -0.39 is 5.41 Å². The number of hydrogen-bond acceptors (Lipinski definition) is 8. The molecule has 1 aromatic carbocycles. The van der Waals surface area contributed by atoms with Crippen LogP contribution in [0.1, 0.15) is 19.8 Å². The first kappa shape index (κ1) is 26.1. The molecule has 10 nitrogen and oxygen atoms in total. The van der Waals surface area contributed by atoms with Gasteiger partial charge in [0.15, 0.2) is 22.8 Å². The van der Waals surface area contributed by atoms with E-state index in [-0.39, 0.29) is 12.5 Å². The summed E-state index contributed by atoms with van der Waals surface area (Å²) in [5.41, 5.74) is 7.51. The van der Waals surface area contributed by atoms with Gasteiger partial charge >= 0.3 is 0 Å². The number of aliphatic hydroxyl groups is 1. The molecule has 1 amide bonds. The smallest absolute Gasteiger partial charge is 0.229 e. The number of carbonyl (C=O) groups excluding carboxylic acids is 1. The molecule has 1 aliphatic rings. The van der Waals surface area contributed by atoms with Gasteiger partial charge in [-0.05, 0) is 49.2 Å². The van der Waals surface area contributed by atoms with Crippen molar-refractivity contribution in [2.75, 3.05) is 43.1 Å². The topological polar surface area (TPSA) is 126 Å². The molecule has 0 radical (unpaired) electrons. The van der Waals surface area contributed by atoms with Crippen molar-refractivity contribution in [3.63, 3.8) is 0 Å². The van der Waals surface area contributed by atoms with Crippen LogP contribution in [0.15, 0.2) is 42.6 Å². The highest BCUT2D eigenvalue weighted by molar-refractivity contribution is 6.33. The third kappa shape index (κ3) is 4.75. The van der Waals surface area contributed by atoms with Gasteiger partial charge in [-0.1, -0.05) is 30.1 Å². The third-order valence-electron chi connectivity index (χ3n) is 7.07. The van der Waals surface area contributed by atoms with Crippen LogP contribution in [0, 0.1) is 5.41 Å². The standard InChI is InChI=1S/C26H28Cl2N8O2/c1-26(24(29)38)9-12-35(13-10-26)21-20-23(33-25(32-21)34(2)14-15-37)36(17-7-5-16(27)6-8-17)22(31-20)19-18(28)4-3-11-30-19/h3-8,11,37H,9-10,12-15H2,1-2H3,(H2,29,38). The lowest BCUT2D eigenvalue weighted by atomic mass is 9.80. The number of hydrogen-bond donors (Lipinski definition) is 2. The van der Waals surface area contributed by atoms with Crippen molar-refractivity contribution < 1.29 is 9.90 Å². The number of benzene rings is 1. The van der Waals surface area contributed by atoms with Crippen LogP contribution in [-0.4, -0.2) is 68.8 Å². The molecule has 5 rings (SSSR count). The molecular weight excluding hydrogens is 527 g/mol. The maximum absolute atomic E-state index is 12.1. The van der Waals surface area contributed by atoms with Crippen LogP contribution in [0.5, 0.6) is 0 Å². The predicted octanol–water partition coefficient (Wildman–Crippen LogP) is 3.70. The van der Waals surface area contributed by atoms with Crippen molar-refractivity contribution in [2.24, 2.45) is 11.1 Å². The maximum atomic E-state index is 12.1. The molecule has 0 saturated carbocycles. The lowest BCUT2D eigenvalue weighted by molar-refractivity contribution is -0.127. The molecule has 3 aromatic heterocycles. The highest BCUT2D eigenvalue weighted by atomic mass is 35.5. The Labute approximate surface area is 230 Å². The molecule has 12 heteroatoms. The normalized spacial score (nSPS) is 15.1. The van der Waals surface area contributed by atoms with Crippen LogP contribution in [0.2, 0.25) is 10.0 Å². The number of likely N-dealkylation sites (N-methyl/N-ethyl adjacent to an activating group) is 1. The zero-order valence-corrected chi connectivity index (χ0v) is 22.6. The van der Waals surface area contributed by atoms with E-state index in [1.165, 1.54) is 0 Å². The Balaban J connectivity index is 1.76. The number of amides is 1. The van der Waals surface area contributed by atoms with Gasteiger partial charge in [0.05, 0.1) is 11.6 Å². The van der Waals surface area contributed by atoms with Crippen molar-refractivity contribution in [1.29, 1.82) is 0 Å². The molecule has 4 aromatic rings. The molecule has 38 heavy (non-hydrogen) atoms. The first-order valence-corrected chi connectivity index (χ1v) is 13.0. The number of nitrogens with zero attached hydrogens (tertiary/aromatic N) is 7. The molecule has 0 spiro atoms. The number of rotatable bonds is 7. The number of nitrogens with two attached hydrogens (primary N) is 1. The van der Waals surface area contributed by atoms with E-state index in [2.05, 4.69) is 9.88 Å². The second kappa shape index (κ2) is 10.4. The Morgan fingerprint density at radius 1 is 1.13 bits per heavy atom. The zero-order chi connectivity index (χ0) is 27.0. The van der Waals surface area contributed by atoms with Crippen molar-refractivity contribution >= 4 is 52.0 Å². The number of piperidine rings is 1. The number of primary amides is 1. The summed E-state index contributed by atoms with van der Waals surface area (Å²) >= 11 is 12.8. The molecular formula is C26H28Cl2N8O2. The van der Waals surface area contributed by atoms with E-state index in [0.29, 0.717) is 77.0 Å². The van der Waals surface area contributed by atoms with Crippen molar-refractivity contribution in [1.82, 2.24) is 24.5 Å². The van der Waals surface area contributed by atoms with Crippen molar-refractivity contribution in [3.8, 4) is 17.2 Å². The average molecular weight is 555 g/mol. The molecule has 3 N–H and O–H groups in total. The molecule has 1 aliphatic heterocycles. The van der Waals surface area contributed by atoms with Gasteiger partial charge < -0.3 is 20.6 Å². The SMILES string of the molecule is CN(CCO)c1nc(N2CCC(C)(C(N)=O)CC2)c2nc(-c3ncccc3Cl)n(-c3ccc(Cl)cc3)c2n1. The summed E-state index contributed by atoms with van der Waals surface area (Å²) in [7, 11) is 1.82. The summed E-state index contributed by atoms with van der Waals surface area (Å²) in [6.45, 7) is 3.33. The van der Waals surface area contributed by atoms with E-state index in [9.17, 15) is 9.90 Å². The summed E-state index contributed by atoms with van der Waals surface area (Å²) < 4.78 is 1.89. The van der Waals surface area contributed by atoms with E-state index in [1.54, 1.807) is 35.4 Å². The lowest BCUT2D eigenvalue weighted by Gasteiger charge is -2.38. The second-order valence-corrected chi connectivity index (χ2v) is 10.5. The van der Waals surface area contributed by atoms with E-state index in [0.717, 1.165) is 5.69 Å². The summed E-state index contributed by atoms with van der Waals surface area (Å²) in [6, 6.07) is 10.9. The summed E-state index contributed by atoms with van der Waals surface area (Å²) in [5.74, 6) is 1.26. The van der Waals surface area contributed by atoms with Crippen LogP contribution < -0.4 is 15.5 Å². The van der Waals surface area contributed by atoms with Crippen molar-refractivity contribution in [2.45, 2.75) is 19.8 Å². The monoisotopic (exact) mass is 554 g/mol. The number of aliphatic hydroxyl groups excluding tert-OH is 1. The number of aromatic nitrogens is 5. The molecule has 4 heterocycles. The van der Waals surface area contributed by atoms with Gasteiger partial charge in [0.2, 0.25) is 11.9 Å². The maximum Gasteiger partial charge on any atom is 0.229 e. The minimum Gasteiger partial charge on any atom is -0.395 e. The molecule has 0 atom stereocenters. The van der Waals surface area contributed by atoms with Gasteiger partial charge in [0.25, 0.3) is 0 Å². The van der Waals surface area contributed by atoms with E-state index >= 15 is 0 Å². The van der Waals surface area contributed by atoms with Crippen LogP contribution in [0.3, 0.4) is 0 Å². The Hall–Kier alpha value is -3.47. The van der Waals surface area contributed by atoms with Crippen LogP contribution in [0.4, 0.5) is 11.8 Å². The number of carbonyl (C=O) groups is 1. The summed E-state index contributed by atoms with van der Waals surface area (Å²) in [4.78, 5) is 35.2. The Bertz CT molecular complexity index is 1480. The van der Waals surface area contributed by atoms with Gasteiger partial charge in [-0.2, -0.15) is 9.97 Å². The van der Waals surface area contributed by atoms with E-state index in [1.807, 2.05) is 30.7 Å². The van der Waals surface area contributed by atoms with Crippen molar-refractivity contribution in [3.05, 3.63) is 52.6 Å². The number of fused-ring (bicyclic) bond motifs is 1.